The van der Waals surface area contributed by atoms with Gasteiger partial charge >= 0.3 is 11.9 Å². The predicted molar refractivity (Wildman–Crippen MR) is 79.9 cm³/mol. The van der Waals surface area contributed by atoms with Crippen molar-refractivity contribution >= 4 is 11.9 Å². The average molecular weight is 295 g/mol. The summed E-state index contributed by atoms with van der Waals surface area (Å²) in [6, 6.07) is 3.90. The summed E-state index contributed by atoms with van der Waals surface area (Å²) in [5.74, 6) is -2.04. The molecule has 0 bridgehead atoms. The highest BCUT2D eigenvalue weighted by atomic mass is 16.6. The minimum absolute atomic E-state index is 0.235. The normalized spacial score (nSPS) is 12.9. The van der Waals surface area contributed by atoms with Crippen LogP contribution in [0.2, 0.25) is 0 Å². The van der Waals surface area contributed by atoms with Crippen LogP contribution in [0.15, 0.2) is 12.1 Å². The Morgan fingerprint density at radius 3 is 2.10 bits per heavy atom. The fourth-order valence-electron chi connectivity index (χ4n) is 2.03. The Morgan fingerprint density at radius 2 is 1.67 bits per heavy atom. The lowest BCUT2D eigenvalue weighted by molar-refractivity contribution is -0.169. The van der Waals surface area contributed by atoms with E-state index in [4.69, 9.17) is 9.47 Å². The number of hydrogen-bond acceptors (Lipinski definition) is 4. The van der Waals surface area contributed by atoms with Crippen molar-refractivity contribution in [2.45, 2.75) is 53.7 Å². The maximum absolute atomic E-state index is 12.3. The van der Waals surface area contributed by atoms with Gasteiger partial charge in [-0.3, -0.25) is 9.59 Å². The van der Waals surface area contributed by atoms with E-state index in [1.54, 1.807) is 27.7 Å². The molecule has 1 atom stereocenters. The molecule has 0 saturated carbocycles. The lowest BCUT2D eigenvalue weighted by Crippen LogP contribution is -2.36. The Morgan fingerprint density at radius 1 is 1.14 bits per heavy atom. The van der Waals surface area contributed by atoms with Crippen molar-refractivity contribution in [1.82, 2.24) is 4.57 Å². The monoisotopic (exact) mass is 295 g/mol. The summed E-state index contributed by atoms with van der Waals surface area (Å²) in [6.07, 6.45) is 0. The Kier molecular flexibility index (Phi) is 5.58. The molecule has 118 valence electrons. The van der Waals surface area contributed by atoms with Crippen molar-refractivity contribution in [3.05, 3.63) is 23.5 Å². The number of rotatable bonds is 5. The maximum Gasteiger partial charge on any atom is 0.322 e. The number of nitrogens with zero attached hydrogens (tertiary/aromatic N) is 1. The van der Waals surface area contributed by atoms with Crippen LogP contribution in [-0.4, -0.2) is 28.7 Å². The lowest BCUT2D eigenvalue weighted by atomic mass is 10.1. The minimum atomic E-state index is -0.950. The number of esters is 2. The van der Waals surface area contributed by atoms with Crippen LogP contribution in [-0.2, 0) is 25.6 Å². The first kappa shape index (κ1) is 17.3. The second-order valence-corrected chi connectivity index (χ2v) is 6.06. The largest absolute Gasteiger partial charge is 0.465 e. The van der Waals surface area contributed by atoms with Gasteiger partial charge in [0, 0.05) is 17.9 Å². The van der Waals surface area contributed by atoms with Gasteiger partial charge in [0.1, 0.15) is 5.60 Å². The third-order valence-electron chi connectivity index (χ3n) is 3.04. The van der Waals surface area contributed by atoms with Crippen LogP contribution >= 0.6 is 0 Å². The van der Waals surface area contributed by atoms with Crippen LogP contribution in [0.5, 0.6) is 0 Å². The molecule has 0 aliphatic heterocycles. The SMILES string of the molecule is CCOC(=O)C(Cn1c(C)ccc1C)C(=O)OC(C)(C)C. The molecule has 1 rings (SSSR count). The molecule has 0 radical (unpaired) electrons. The number of ether oxygens (including phenoxy) is 2. The molecule has 0 aliphatic rings. The molecule has 0 amide bonds. The predicted octanol–water partition coefficient (Wildman–Crippen LogP) is 2.63. The zero-order chi connectivity index (χ0) is 16.2. The Bertz CT molecular complexity index is 491. The van der Waals surface area contributed by atoms with E-state index < -0.39 is 23.5 Å². The molecule has 0 saturated heterocycles. The summed E-state index contributed by atoms with van der Waals surface area (Å²) in [6.45, 7) is 11.4. The molecular weight excluding hydrogens is 270 g/mol. The minimum Gasteiger partial charge on any atom is -0.465 e. The van der Waals surface area contributed by atoms with Gasteiger partial charge < -0.3 is 14.0 Å². The number of hydrogen-bond donors (Lipinski definition) is 0. The quantitative estimate of drug-likeness (QED) is 0.619. The van der Waals surface area contributed by atoms with Gasteiger partial charge in [-0.1, -0.05) is 0 Å². The van der Waals surface area contributed by atoms with E-state index in [9.17, 15) is 9.59 Å². The van der Waals surface area contributed by atoms with E-state index in [2.05, 4.69) is 0 Å². The highest BCUT2D eigenvalue weighted by molar-refractivity contribution is 5.95. The third kappa shape index (κ3) is 4.92. The molecule has 0 spiro atoms. The highest BCUT2D eigenvalue weighted by Crippen LogP contribution is 2.17. The Labute approximate surface area is 126 Å². The van der Waals surface area contributed by atoms with Gasteiger partial charge in [-0.05, 0) is 53.7 Å². The number of aromatic nitrogens is 1. The van der Waals surface area contributed by atoms with Crippen LogP contribution in [0.25, 0.3) is 0 Å². The van der Waals surface area contributed by atoms with E-state index in [1.165, 1.54) is 0 Å². The molecule has 5 heteroatoms. The molecule has 0 N–H and O–H groups in total. The van der Waals surface area contributed by atoms with E-state index >= 15 is 0 Å². The van der Waals surface area contributed by atoms with E-state index in [0.717, 1.165) is 11.4 Å². The molecular formula is C16H25NO4. The number of carbonyl (C=O) groups excluding carboxylic acids is 2. The smallest absolute Gasteiger partial charge is 0.322 e. The first-order chi connectivity index (χ1) is 9.65. The lowest BCUT2D eigenvalue weighted by Gasteiger charge is -2.24. The maximum atomic E-state index is 12.3. The van der Waals surface area contributed by atoms with Crippen molar-refractivity contribution < 1.29 is 19.1 Å². The van der Waals surface area contributed by atoms with Gasteiger partial charge in [0.05, 0.1) is 6.61 Å². The standard InChI is InChI=1S/C16H25NO4/c1-7-20-14(18)13(15(19)21-16(4,5)6)10-17-11(2)8-9-12(17)3/h8-9,13H,7,10H2,1-6H3. The van der Waals surface area contributed by atoms with Crippen LogP contribution in [0.1, 0.15) is 39.1 Å². The summed E-state index contributed by atoms with van der Waals surface area (Å²) < 4.78 is 12.3. The van der Waals surface area contributed by atoms with Crippen molar-refractivity contribution in [2.24, 2.45) is 5.92 Å². The fraction of sp³-hybridized carbons (Fsp3) is 0.625. The summed E-state index contributed by atoms with van der Waals surface area (Å²) in [5.41, 5.74) is 1.35. The molecule has 1 aromatic rings. The third-order valence-corrected chi connectivity index (χ3v) is 3.04. The first-order valence-corrected chi connectivity index (χ1v) is 7.18. The van der Waals surface area contributed by atoms with Gasteiger partial charge in [0.2, 0.25) is 0 Å². The summed E-state index contributed by atoms with van der Waals surface area (Å²) in [4.78, 5) is 24.4. The van der Waals surface area contributed by atoms with E-state index in [-0.39, 0.29) is 13.2 Å². The second-order valence-electron chi connectivity index (χ2n) is 6.06. The zero-order valence-corrected chi connectivity index (χ0v) is 13.7. The van der Waals surface area contributed by atoms with E-state index in [1.807, 2.05) is 30.5 Å². The van der Waals surface area contributed by atoms with Crippen LogP contribution in [0, 0.1) is 19.8 Å². The Hall–Kier alpha value is -1.78. The molecule has 21 heavy (non-hydrogen) atoms. The van der Waals surface area contributed by atoms with Crippen LogP contribution in [0.4, 0.5) is 0 Å². The first-order valence-electron chi connectivity index (χ1n) is 7.18. The van der Waals surface area contributed by atoms with Crippen molar-refractivity contribution in [2.75, 3.05) is 6.61 Å². The molecule has 0 aliphatic carbocycles. The van der Waals surface area contributed by atoms with Crippen molar-refractivity contribution in [3.63, 3.8) is 0 Å². The van der Waals surface area contributed by atoms with Crippen molar-refractivity contribution in [1.29, 1.82) is 0 Å². The molecule has 0 aromatic carbocycles. The summed E-state index contributed by atoms with van der Waals surface area (Å²) >= 11 is 0. The topological polar surface area (TPSA) is 57.5 Å². The average Bonchev–Trinajstić information content (AvgIpc) is 2.64. The van der Waals surface area contributed by atoms with Crippen LogP contribution < -0.4 is 0 Å². The van der Waals surface area contributed by atoms with Gasteiger partial charge in [0.15, 0.2) is 5.92 Å². The molecule has 0 fully saturated rings. The fourth-order valence-corrected chi connectivity index (χ4v) is 2.03. The second kappa shape index (κ2) is 6.78. The van der Waals surface area contributed by atoms with E-state index in [0.29, 0.717) is 0 Å². The Balaban J connectivity index is 2.98. The van der Waals surface area contributed by atoms with Gasteiger partial charge in [-0.2, -0.15) is 0 Å². The number of carbonyl (C=O) groups is 2. The summed E-state index contributed by atoms with van der Waals surface area (Å²) in [5, 5.41) is 0. The van der Waals surface area contributed by atoms with Gasteiger partial charge in [-0.15, -0.1) is 0 Å². The molecule has 1 heterocycles. The molecule has 1 unspecified atom stereocenters. The van der Waals surface area contributed by atoms with Crippen molar-refractivity contribution in [3.8, 4) is 0 Å². The number of aryl methyl sites for hydroxylation is 2. The van der Waals surface area contributed by atoms with Gasteiger partial charge in [-0.25, -0.2) is 0 Å². The molecule has 1 aromatic heterocycles. The van der Waals surface area contributed by atoms with Crippen LogP contribution in [0.3, 0.4) is 0 Å². The summed E-state index contributed by atoms with van der Waals surface area (Å²) in [7, 11) is 0. The highest BCUT2D eigenvalue weighted by Gasteiger charge is 2.33. The molecule has 5 nitrogen and oxygen atoms in total. The van der Waals surface area contributed by atoms with Gasteiger partial charge in [0.25, 0.3) is 0 Å². The zero-order valence-electron chi connectivity index (χ0n) is 13.7.